The van der Waals surface area contributed by atoms with E-state index in [0.29, 0.717) is 5.76 Å². The average molecular weight is 196 g/mol. The summed E-state index contributed by atoms with van der Waals surface area (Å²) < 4.78 is 26.7. The van der Waals surface area contributed by atoms with Crippen molar-refractivity contribution < 1.29 is 13.3 Å². The van der Waals surface area contributed by atoms with Crippen molar-refractivity contribution in [3.05, 3.63) is 10.8 Å². The third kappa shape index (κ3) is 1.92. The zero-order chi connectivity index (χ0) is 8.43. The second kappa shape index (κ2) is 3.21. The van der Waals surface area contributed by atoms with E-state index in [-0.39, 0.29) is 10.8 Å². The van der Waals surface area contributed by atoms with Gasteiger partial charge in [0.15, 0.2) is 11.6 Å². The van der Waals surface area contributed by atoms with E-state index in [1.165, 1.54) is 0 Å². The van der Waals surface area contributed by atoms with Gasteiger partial charge < -0.3 is 9.08 Å². The van der Waals surface area contributed by atoms with E-state index in [1.807, 2.05) is 4.72 Å². The van der Waals surface area contributed by atoms with E-state index in [1.54, 1.807) is 6.92 Å². The molecule has 1 N–H and O–H groups in total. The molecular formula is C4H4ClN2O3S-. The molecule has 0 bridgehead atoms. The lowest BCUT2D eigenvalue weighted by atomic mass is 10.5. The average Bonchev–Trinajstić information content (AvgIpc) is 2.18. The Morgan fingerprint density at radius 2 is 2.45 bits per heavy atom. The van der Waals surface area contributed by atoms with Crippen LogP contribution in [-0.4, -0.2) is 13.9 Å². The highest BCUT2D eigenvalue weighted by atomic mass is 35.5. The Labute approximate surface area is 70.1 Å². The fourth-order valence-corrected chi connectivity index (χ4v) is 0.973. The SMILES string of the molecule is Cc1onc(NS(=O)[O-])c1Cl. The summed E-state index contributed by atoms with van der Waals surface area (Å²) >= 11 is 3.14. The lowest BCUT2D eigenvalue weighted by molar-refractivity contribution is 0.400. The van der Waals surface area contributed by atoms with Gasteiger partial charge in [0.05, 0.1) is 0 Å². The number of aryl methyl sites for hydroxylation is 1. The summed E-state index contributed by atoms with van der Waals surface area (Å²) in [5.74, 6) is 0.386. The molecule has 1 unspecified atom stereocenters. The van der Waals surface area contributed by atoms with E-state index in [0.717, 1.165) is 0 Å². The molecular weight excluding hydrogens is 192 g/mol. The first-order valence-corrected chi connectivity index (χ1v) is 4.04. The molecule has 0 aromatic carbocycles. The maximum Gasteiger partial charge on any atom is 0.199 e. The largest absolute Gasteiger partial charge is 0.755 e. The summed E-state index contributed by atoms with van der Waals surface area (Å²) in [7, 11) is 0. The van der Waals surface area contributed by atoms with Gasteiger partial charge in [-0.25, -0.2) is 0 Å². The lowest BCUT2D eigenvalue weighted by Crippen LogP contribution is -2.02. The molecule has 11 heavy (non-hydrogen) atoms. The Hall–Kier alpha value is -0.590. The summed E-state index contributed by atoms with van der Waals surface area (Å²) in [6.07, 6.45) is 0. The minimum atomic E-state index is -2.42. The van der Waals surface area contributed by atoms with E-state index in [4.69, 9.17) is 11.6 Å². The van der Waals surface area contributed by atoms with Gasteiger partial charge in [-0.1, -0.05) is 16.8 Å². The first kappa shape index (κ1) is 8.51. The molecule has 1 aromatic heterocycles. The van der Waals surface area contributed by atoms with E-state index >= 15 is 0 Å². The molecule has 62 valence electrons. The smallest absolute Gasteiger partial charge is 0.199 e. The molecule has 0 radical (unpaired) electrons. The van der Waals surface area contributed by atoms with Gasteiger partial charge in [-0.05, 0) is 6.92 Å². The van der Waals surface area contributed by atoms with Crippen molar-refractivity contribution in [1.82, 2.24) is 5.16 Å². The van der Waals surface area contributed by atoms with Crippen LogP contribution in [0.3, 0.4) is 0 Å². The Morgan fingerprint density at radius 1 is 1.82 bits per heavy atom. The first-order valence-electron chi connectivity index (χ1n) is 2.59. The van der Waals surface area contributed by atoms with Crippen LogP contribution in [-0.2, 0) is 11.3 Å². The fraction of sp³-hybridized carbons (Fsp3) is 0.250. The van der Waals surface area contributed by atoms with Crippen LogP contribution < -0.4 is 4.72 Å². The molecule has 0 amide bonds. The van der Waals surface area contributed by atoms with Crippen molar-refractivity contribution >= 4 is 28.7 Å². The lowest BCUT2D eigenvalue weighted by Gasteiger charge is -2.03. The molecule has 0 aliphatic rings. The summed E-state index contributed by atoms with van der Waals surface area (Å²) in [6.45, 7) is 1.58. The van der Waals surface area contributed by atoms with Gasteiger partial charge in [-0.3, -0.25) is 8.93 Å². The quantitative estimate of drug-likeness (QED) is 0.710. The molecule has 1 rings (SSSR count). The molecule has 7 heteroatoms. The molecule has 1 atom stereocenters. The topological polar surface area (TPSA) is 78.2 Å². The van der Waals surface area contributed by atoms with Crippen molar-refractivity contribution in [2.24, 2.45) is 0 Å². The zero-order valence-electron chi connectivity index (χ0n) is 5.46. The summed E-state index contributed by atoms with van der Waals surface area (Å²) in [5, 5.41) is 3.52. The van der Waals surface area contributed by atoms with Crippen molar-refractivity contribution in [1.29, 1.82) is 0 Å². The third-order valence-electron chi connectivity index (χ3n) is 0.971. The van der Waals surface area contributed by atoms with Gasteiger partial charge in [-0.2, -0.15) is 0 Å². The highest BCUT2D eigenvalue weighted by Crippen LogP contribution is 2.23. The number of nitrogens with one attached hydrogen (secondary N) is 1. The maximum atomic E-state index is 10.1. The number of rotatable bonds is 2. The van der Waals surface area contributed by atoms with Crippen LogP contribution in [0.1, 0.15) is 5.76 Å². The van der Waals surface area contributed by atoms with E-state index in [2.05, 4.69) is 9.68 Å². The molecule has 5 nitrogen and oxygen atoms in total. The van der Waals surface area contributed by atoms with E-state index < -0.39 is 11.3 Å². The molecule has 0 saturated carbocycles. The van der Waals surface area contributed by atoms with Crippen LogP contribution in [0.5, 0.6) is 0 Å². The molecule has 0 fully saturated rings. The highest BCUT2D eigenvalue weighted by molar-refractivity contribution is 7.80. The normalized spacial score (nSPS) is 13.0. The number of anilines is 1. The van der Waals surface area contributed by atoms with Crippen LogP contribution in [0.15, 0.2) is 4.52 Å². The predicted octanol–water partition coefficient (Wildman–Crippen LogP) is 0.842. The number of aromatic nitrogens is 1. The molecule has 0 saturated heterocycles. The summed E-state index contributed by atoms with van der Waals surface area (Å²) in [5.41, 5.74) is 0. The maximum absolute atomic E-state index is 10.1. The first-order chi connectivity index (χ1) is 5.11. The van der Waals surface area contributed by atoms with Gasteiger partial charge in [-0.15, -0.1) is 0 Å². The Bertz CT molecular complexity index is 287. The van der Waals surface area contributed by atoms with Crippen LogP contribution >= 0.6 is 11.6 Å². The molecule has 1 aromatic rings. The Kier molecular flexibility index (Phi) is 2.48. The van der Waals surface area contributed by atoms with Crippen molar-refractivity contribution in [2.75, 3.05) is 4.72 Å². The van der Waals surface area contributed by atoms with Gasteiger partial charge in [0.25, 0.3) is 0 Å². The summed E-state index contributed by atoms with van der Waals surface area (Å²) in [4.78, 5) is 0. The van der Waals surface area contributed by atoms with Crippen molar-refractivity contribution in [2.45, 2.75) is 6.92 Å². The van der Waals surface area contributed by atoms with E-state index in [9.17, 15) is 8.76 Å². The monoisotopic (exact) mass is 195 g/mol. The number of halogens is 1. The number of hydrogen-bond donors (Lipinski definition) is 1. The third-order valence-corrected chi connectivity index (χ3v) is 1.78. The van der Waals surface area contributed by atoms with Crippen LogP contribution in [0.25, 0.3) is 0 Å². The standard InChI is InChI=1S/C4H5ClN2O3S/c1-2-3(5)4(6-10-2)7-11(8)9/h1H3,(H,6,7)(H,8,9)/p-1. The minimum absolute atomic E-state index is 0.0116. The Morgan fingerprint density at radius 3 is 2.82 bits per heavy atom. The molecule has 0 spiro atoms. The van der Waals surface area contributed by atoms with Crippen molar-refractivity contribution in [3.63, 3.8) is 0 Å². The second-order valence-electron chi connectivity index (χ2n) is 1.74. The predicted molar refractivity (Wildman–Crippen MR) is 38.8 cm³/mol. The number of hydrogen-bond acceptors (Lipinski definition) is 4. The van der Waals surface area contributed by atoms with Crippen molar-refractivity contribution in [3.8, 4) is 0 Å². The number of nitrogens with zero attached hydrogens (tertiary/aromatic N) is 1. The van der Waals surface area contributed by atoms with Gasteiger partial charge in [0, 0.05) is 11.3 Å². The molecule has 0 aliphatic heterocycles. The molecule has 0 aliphatic carbocycles. The second-order valence-corrected chi connectivity index (χ2v) is 2.79. The van der Waals surface area contributed by atoms with Crippen LogP contribution in [0, 0.1) is 6.92 Å². The fourth-order valence-electron chi connectivity index (χ4n) is 0.503. The molecule has 1 heterocycles. The zero-order valence-corrected chi connectivity index (χ0v) is 7.03. The van der Waals surface area contributed by atoms with Crippen LogP contribution in [0.4, 0.5) is 5.82 Å². The summed E-state index contributed by atoms with van der Waals surface area (Å²) in [6, 6.07) is 0. The van der Waals surface area contributed by atoms with Gasteiger partial charge >= 0.3 is 0 Å². The highest BCUT2D eigenvalue weighted by Gasteiger charge is 2.08. The van der Waals surface area contributed by atoms with Gasteiger partial charge in [0.2, 0.25) is 0 Å². The van der Waals surface area contributed by atoms with Gasteiger partial charge in [0.1, 0.15) is 5.02 Å². The Balaban J connectivity index is 2.87. The van der Waals surface area contributed by atoms with Crippen LogP contribution in [0.2, 0.25) is 5.02 Å². The minimum Gasteiger partial charge on any atom is -0.755 e.